The average Bonchev–Trinajstić information content (AvgIpc) is 2.74. The Hall–Kier alpha value is -1.91. The zero-order valence-corrected chi connectivity index (χ0v) is 10.5. The maximum atomic E-state index is 11.5. The highest BCUT2D eigenvalue weighted by Gasteiger charge is 2.35. The van der Waals surface area contributed by atoms with Crippen molar-refractivity contribution >= 4 is 17.4 Å². The number of carbonyl (C=O) groups is 1. The van der Waals surface area contributed by atoms with Gasteiger partial charge in [0.2, 0.25) is 0 Å². The predicted octanol–water partition coefficient (Wildman–Crippen LogP) is 0.791. The standard InChI is InChI=1S/C13H18N4O/c1-9-2-3-10(6-12(9)14)16-4-5-17-11(8-16)7-15-13(17)18/h2-3,6,11H,4-5,7-8,14H2,1H3,(H,15,18). The number of urea groups is 1. The van der Waals surface area contributed by atoms with Crippen LogP contribution in [0.1, 0.15) is 5.56 Å². The number of fused-ring (bicyclic) bond motifs is 1. The number of anilines is 2. The first-order valence-electron chi connectivity index (χ1n) is 6.30. The molecule has 2 fully saturated rings. The Morgan fingerprint density at radius 1 is 1.39 bits per heavy atom. The number of hydrogen-bond donors (Lipinski definition) is 2. The zero-order chi connectivity index (χ0) is 12.7. The molecule has 18 heavy (non-hydrogen) atoms. The van der Waals surface area contributed by atoms with E-state index < -0.39 is 0 Å². The molecule has 0 aliphatic carbocycles. The molecular weight excluding hydrogens is 228 g/mol. The number of carbonyl (C=O) groups excluding carboxylic acids is 1. The summed E-state index contributed by atoms with van der Waals surface area (Å²) in [6, 6.07) is 6.53. The quantitative estimate of drug-likeness (QED) is 0.720. The van der Waals surface area contributed by atoms with Gasteiger partial charge in [0.05, 0.1) is 6.04 Å². The van der Waals surface area contributed by atoms with Gasteiger partial charge in [-0.3, -0.25) is 0 Å². The number of amides is 2. The fraction of sp³-hybridized carbons (Fsp3) is 0.462. The third-order valence-corrected chi connectivity index (χ3v) is 3.86. The molecule has 5 heteroatoms. The third-order valence-electron chi connectivity index (χ3n) is 3.86. The first kappa shape index (κ1) is 11.2. The summed E-state index contributed by atoms with van der Waals surface area (Å²) in [5, 5.41) is 2.89. The lowest BCUT2D eigenvalue weighted by atomic mass is 10.1. The van der Waals surface area contributed by atoms with Crippen LogP contribution >= 0.6 is 0 Å². The van der Waals surface area contributed by atoms with Crippen molar-refractivity contribution in [3.05, 3.63) is 23.8 Å². The first-order valence-corrected chi connectivity index (χ1v) is 6.30. The topological polar surface area (TPSA) is 61.6 Å². The van der Waals surface area contributed by atoms with Crippen LogP contribution in [0, 0.1) is 6.92 Å². The van der Waals surface area contributed by atoms with E-state index in [1.54, 1.807) is 0 Å². The van der Waals surface area contributed by atoms with Crippen LogP contribution in [0.4, 0.5) is 16.2 Å². The lowest BCUT2D eigenvalue weighted by molar-refractivity contribution is 0.197. The van der Waals surface area contributed by atoms with E-state index in [-0.39, 0.29) is 12.1 Å². The predicted molar refractivity (Wildman–Crippen MR) is 71.7 cm³/mol. The van der Waals surface area contributed by atoms with Gasteiger partial charge in [0.15, 0.2) is 0 Å². The van der Waals surface area contributed by atoms with Crippen molar-refractivity contribution in [2.45, 2.75) is 13.0 Å². The number of nitrogens with zero attached hydrogens (tertiary/aromatic N) is 2. The number of nitrogens with one attached hydrogen (secondary N) is 1. The van der Waals surface area contributed by atoms with Crippen LogP contribution in [-0.4, -0.2) is 43.2 Å². The summed E-state index contributed by atoms with van der Waals surface area (Å²) < 4.78 is 0. The summed E-state index contributed by atoms with van der Waals surface area (Å²) in [5.41, 5.74) is 9.04. The second kappa shape index (κ2) is 4.08. The van der Waals surface area contributed by atoms with Crippen molar-refractivity contribution in [3.8, 4) is 0 Å². The molecule has 1 unspecified atom stereocenters. The van der Waals surface area contributed by atoms with Gasteiger partial charge in [-0.1, -0.05) is 6.07 Å². The minimum absolute atomic E-state index is 0.0723. The Balaban J connectivity index is 1.78. The molecule has 1 aromatic carbocycles. The summed E-state index contributed by atoms with van der Waals surface area (Å²) in [5.74, 6) is 0. The maximum absolute atomic E-state index is 11.5. The largest absolute Gasteiger partial charge is 0.398 e. The van der Waals surface area contributed by atoms with Crippen LogP contribution in [0.3, 0.4) is 0 Å². The van der Waals surface area contributed by atoms with Gasteiger partial charge in [0.25, 0.3) is 0 Å². The average molecular weight is 246 g/mol. The molecule has 3 rings (SSSR count). The van der Waals surface area contributed by atoms with Crippen molar-refractivity contribution in [1.82, 2.24) is 10.2 Å². The molecule has 1 atom stereocenters. The highest BCUT2D eigenvalue weighted by Crippen LogP contribution is 2.24. The first-order chi connectivity index (χ1) is 8.65. The van der Waals surface area contributed by atoms with E-state index in [4.69, 9.17) is 5.73 Å². The van der Waals surface area contributed by atoms with E-state index in [0.717, 1.165) is 43.1 Å². The molecule has 2 saturated heterocycles. The second-order valence-electron chi connectivity index (χ2n) is 5.02. The highest BCUT2D eigenvalue weighted by atomic mass is 16.2. The van der Waals surface area contributed by atoms with Crippen molar-refractivity contribution in [1.29, 1.82) is 0 Å². The van der Waals surface area contributed by atoms with Crippen LogP contribution in [0.25, 0.3) is 0 Å². The molecule has 0 aromatic heterocycles. The Kier molecular flexibility index (Phi) is 2.54. The van der Waals surface area contributed by atoms with E-state index >= 15 is 0 Å². The summed E-state index contributed by atoms with van der Waals surface area (Å²) in [6.07, 6.45) is 0. The minimum atomic E-state index is 0.0723. The fourth-order valence-electron chi connectivity index (χ4n) is 2.66. The Labute approximate surface area is 107 Å². The molecule has 2 heterocycles. The van der Waals surface area contributed by atoms with Crippen molar-refractivity contribution < 1.29 is 4.79 Å². The molecule has 0 saturated carbocycles. The van der Waals surface area contributed by atoms with Crippen molar-refractivity contribution in [2.24, 2.45) is 0 Å². The minimum Gasteiger partial charge on any atom is -0.398 e. The number of rotatable bonds is 1. The van der Waals surface area contributed by atoms with E-state index in [9.17, 15) is 4.79 Å². The van der Waals surface area contributed by atoms with Crippen LogP contribution in [-0.2, 0) is 0 Å². The van der Waals surface area contributed by atoms with Gasteiger partial charge in [-0.15, -0.1) is 0 Å². The third kappa shape index (κ3) is 1.75. The SMILES string of the molecule is Cc1ccc(N2CCN3C(=O)NCC3C2)cc1N. The number of aryl methyl sites for hydroxylation is 1. The summed E-state index contributed by atoms with van der Waals surface area (Å²) >= 11 is 0. The van der Waals surface area contributed by atoms with Gasteiger partial charge in [-0.25, -0.2) is 4.79 Å². The summed E-state index contributed by atoms with van der Waals surface area (Å²) in [6.45, 7) is 5.28. The smallest absolute Gasteiger partial charge is 0.317 e. The summed E-state index contributed by atoms with van der Waals surface area (Å²) in [7, 11) is 0. The lowest BCUT2D eigenvalue weighted by Crippen LogP contribution is -2.52. The number of benzene rings is 1. The van der Waals surface area contributed by atoms with E-state index in [0.29, 0.717) is 0 Å². The Morgan fingerprint density at radius 3 is 3.00 bits per heavy atom. The van der Waals surface area contributed by atoms with E-state index in [2.05, 4.69) is 22.3 Å². The zero-order valence-electron chi connectivity index (χ0n) is 10.5. The van der Waals surface area contributed by atoms with Gasteiger partial charge in [0, 0.05) is 37.6 Å². The maximum Gasteiger partial charge on any atom is 0.317 e. The lowest BCUT2D eigenvalue weighted by Gasteiger charge is -2.37. The fourth-order valence-corrected chi connectivity index (χ4v) is 2.66. The van der Waals surface area contributed by atoms with Crippen LogP contribution in [0.5, 0.6) is 0 Å². The molecule has 0 spiro atoms. The molecule has 3 N–H and O–H groups in total. The Morgan fingerprint density at radius 2 is 2.22 bits per heavy atom. The van der Waals surface area contributed by atoms with E-state index in [1.165, 1.54) is 0 Å². The van der Waals surface area contributed by atoms with Gasteiger partial charge in [-0.2, -0.15) is 0 Å². The van der Waals surface area contributed by atoms with Crippen LogP contribution in [0.2, 0.25) is 0 Å². The molecule has 2 aliphatic rings. The van der Waals surface area contributed by atoms with Gasteiger partial charge < -0.3 is 20.9 Å². The highest BCUT2D eigenvalue weighted by molar-refractivity contribution is 5.77. The molecule has 2 amide bonds. The molecule has 0 radical (unpaired) electrons. The van der Waals surface area contributed by atoms with Crippen molar-refractivity contribution in [3.63, 3.8) is 0 Å². The van der Waals surface area contributed by atoms with Crippen LogP contribution < -0.4 is 16.0 Å². The molecule has 1 aromatic rings. The van der Waals surface area contributed by atoms with Crippen LogP contribution in [0.15, 0.2) is 18.2 Å². The molecule has 96 valence electrons. The van der Waals surface area contributed by atoms with Crippen molar-refractivity contribution in [2.75, 3.05) is 36.8 Å². The van der Waals surface area contributed by atoms with E-state index in [1.807, 2.05) is 17.9 Å². The normalized spacial score (nSPS) is 22.9. The van der Waals surface area contributed by atoms with Gasteiger partial charge in [-0.05, 0) is 24.6 Å². The molecule has 0 bridgehead atoms. The van der Waals surface area contributed by atoms with Gasteiger partial charge >= 0.3 is 6.03 Å². The number of nitrogens with two attached hydrogens (primary N) is 1. The number of hydrogen-bond acceptors (Lipinski definition) is 3. The number of nitrogen functional groups attached to an aromatic ring is 1. The number of piperazine rings is 1. The molecular formula is C13H18N4O. The monoisotopic (exact) mass is 246 g/mol. The second-order valence-corrected chi connectivity index (χ2v) is 5.02. The van der Waals surface area contributed by atoms with Gasteiger partial charge in [0.1, 0.15) is 0 Å². The molecule has 2 aliphatic heterocycles. The molecule has 5 nitrogen and oxygen atoms in total. The Bertz CT molecular complexity index is 488. The summed E-state index contributed by atoms with van der Waals surface area (Å²) in [4.78, 5) is 15.8.